The lowest BCUT2D eigenvalue weighted by atomic mass is 10.2. The zero-order chi connectivity index (χ0) is 24.1. The Labute approximate surface area is 197 Å². The van der Waals surface area contributed by atoms with Crippen molar-refractivity contribution in [3.05, 3.63) is 102 Å². The number of nitrogens with zero attached hydrogens (tertiary/aromatic N) is 3. The SMILES string of the molecule is CCN(CC(=O)Nc1nc(-c2ccccc2)cn1-c1cccc(C)c1)C(=O)c1ccccc1F. The van der Waals surface area contributed by atoms with Crippen LogP contribution in [-0.4, -0.2) is 39.4 Å². The molecule has 7 heteroatoms. The maximum Gasteiger partial charge on any atom is 0.257 e. The first-order valence-corrected chi connectivity index (χ1v) is 11.0. The van der Waals surface area contributed by atoms with Crippen molar-refractivity contribution in [2.75, 3.05) is 18.4 Å². The smallest absolute Gasteiger partial charge is 0.257 e. The average molecular weight is 457 g/mol. The van der Waals surface area contributed by atoms with E-state index in [1.165, 1.54) is 23.1 Å². The number of hydrogen-bond donors (Lipinski definition) is 1. The van der Waals surface area contributed by atoms with E-state index in [4.69, 9.17) is 0 Å². The van der Waals surface area contributed by atoms with Crippen LogP contribution in [0.2, 0.25) is 0 Å². The number of benzene rings is 3. The van der Waals surface area contributed by atoms with Gasteiger partial charge in [-0.15, -0.1) is 0 Å². The number of carbonyl (C=O) groups is 2. The Kier molecular flexibility index (Phi) is 6.82. The molecule has 0 bridgehead atoms. The van der Waals surface area contributed by atoms with Gasteiger partial charge in [-0.3, -0.25) is 19.5 Å². The number of anilines is 1. The number of carbonyl (C=O) groups excluding carboxylic acids is 2. The summed E-state index contributed by atoms with van der Waals surface area (Å²) in [7, 11) is 0. The number of likely N-dealkylation sites (N-methyl/N-ethyl adjacent to an activating group) is 1. The molecule has 172 valence electrons. The molecule has 1 N–H and O–H groups in total. The second-order valence-electron chi connectivity index (χ2n) is 7.87. The zero-order valence-electron chi connectivity index (χ0n) is 19.0. The molecule has 4 rings (SSSR count). The lowest BCUT2D eigenvalue weighted by Crippen LogP contribution is -2.38. The molecule has 0 unspecified atom stereocenters. The minimum absolute atomic E-state index is 0.0650. The van der Waals surface area contributed by atoms with E-state index >= 15 is 0 Å². The summed E-state index contributed by atoms with van der Waals surface area (Å²) in [5, 5.41) is 2.83. The van der Waals surface area contributed by atoms with Gasteiger partial charge in [0.2, 0.25) is 11.9 Å². The van der Waals surface area contributed by atoms with E-state index in [1.807, 2.05) is 72.3 Å². The van der Waals surface area contributed by atoms with Crippen LogP contribution in [0.25, 0.3) is 16.9 Å². The van der Waals surface area contributed by atoms with E-state index < -0.39 is 17.6 Å². The molecule has 0 aliphatic rings. The molecule has 2 amide bonds. The van der Waals surface area contributed by atoms with Crippen LogP contribution < -0.4 is 5.32 Å². The molecule has 0 aliphatic heterocycles. The first kappa shape index (κ1) is 22.9. The standard InChI is InChI=1S/C27H25FN4O2/c1-3-31(26(34)22-14-7-8-15-23(22)28)18-25(33)30-27-29-24(20-11-5-4-6-12-20)17-32(27)21-13-9-10-19(2)16-21/h4-17H,3,18H2,1-2H3,(H,29,30,33). The molecule has 0 saturated carbocycles. The van der Waals surface area contributed by atoms with Gasteiger partial charge in [0.1, 0.15) is 12.4 Å². The molecule has 0 radical (unpaired) electrons. The second kappa shape index (κ2) is 10.1. The maximum atomic E-state index is 14.1. The van der Waals surface area contributed by atoms with Gasteiger partial charge in [-0.05, 0) is 43.7 Å². The van der Waals surface area contributed by atoms with E-state index in [0.717, 1.165) is 16.8 Å². The Morgan fingerprint density at radius 1 is 1.00 bits per heavy atom. The van der Waals surface area contributed by atoms with Crippen molar-refractivity contribution in [1.29, 1.82) is 0 Å². The van der Waals surface area contributed by atoms with E-state index in [-0.39, 0.29) is 18.7 Å². The highest BCUT2D eigenvalue weighted by atomic mass is 19.1. The van der Waals surface area contributed by atoms with Gasteiger partial charge in [-0.25, -0.2) is 9.37 Å². The summed E-state index contributed by atoms with van der Waals surface area (Å²) in [5.41, 5.74) is 3.46. The lowest BCUT2D eigenvalue weighted by molar-refractivity contribution is -0.116. The third kappa shape index (κ3) is 5.04. The topological polar surface area (TPSA) is 67.2 Å². The summed E-state index contributed by atoms with van der Waals surface area (Å²) in [6.07, 6.45) is 1.86. The largest absolute Gasteiger partial charge is 0.330 e. The number of aryl methyl sites for hydroxylation is 1. The van der Waals surface area contributed by atoms with E-state index in [1.54, 1.807) is 13.0 Å². The molecule has 0 atom stereocenters. The van der Waals surface area contributed by atoms with Crippen molar-refractivity contribution in [2.45, 2.75) is 13.8 Å². The summed E-state index contributed by atoms with van der Waals surface area (Å²) in [6, 6.07) is 23.3. The highest BCUT2D eigenvalue weighted by Crippen LogP contribution is 2.24. The van der Waals surface area contributed by atoms with E-state index in [9.17, 15) is 14.0 Å². The molecular weight excluding hydrogens is 431 g/mol. The van der Waals surface area contributed by atoms with Crippen molar-refractivity contribution < 1.29 is 14.0 Å². The van der Waals surface area contributed by atoms with Crippen molar-refractivity contribution in [2.24, 2.45) is 0 Å². The third-order valence-corrected chi connectivity index (χ3v) is 5.41. The van der Waals surface area contributed by atoms with E-state index in [0.29, 0.717) is 11.6 Å². The minimum atomic E-state index is -0.617. The number of amides is 2. The fourth-order valence-corrected chi connectivity index (χ4v) is 3.66. The third-order valence-electron chi connectivity index (χ3n) is 5.41. The minimum Gasteiger partial charge on any atom is -0.330 e. The fraction of sp³-hybridized carbons (Fsp3) is 0.148. The fourth-order valence-electron chi connectivity index (χ4n) is 3.66. The molecule has 6 nitrogen and oxygen atoms in total. The van der Waals surface area contributed by atoms with Crippen LogP contribution in [0.4, 0.5) is 10.3 Å². The Morgan fingerprint density at radius 2 is 1.74 bits per heavy atom. The second-order valence-corrected chi connectivity index (χ2v) is 7.87. The van der Waals surface area contributed by atoms with Crippen LogP contribution >= 0.6 is 0 Å². The van der Waals surface area contributed by atoms with Gasteiger partial charge in [-0.2, -0.15) is 0 Å². The number of halogens is 1. The predicted octanol–water partition coefficient (Wildman–Crippen LogP) is 5.09. The quantitative estimate of drug-likeness (QED) is 0.421. The number of nitrogens with one attached hydrogen (secondary N) is 1. The molecule has 3 aromatic carbocycles. The number of hydrogen-bond acceptors (Lipinski definition) is 3. The van der Waals surface area contributed by atoms with Crippen LogP contribution in [0.3, 0.4) is 0 Å². The first-order valence-electron chi connectivity index (χ1n) is 11.0. The zero-order valence-corrected chi connectivity index (χ0v) is 19.0. The molecule has 34 heavy (non-hydrogen) atoms. The van der Waals surface area contributed by atoms with Gasteiger partial charge in [0.05, 0.1) is 11.3 Å². The highest BCUT2D eigenvalue weighted by molar-refractivity contribution is 5.99. The molecule has 4 aromatic rings. The van der Waals surface area contributed by atoms with Gasteiger partial charge >= 0.3 is 0 Å². The first-order chi connectivity index (χ1) is 16.5. The monoisotopic (exact) mass is 456 g/mol. The highest BCUT2D eigenvalue weighted by Gasteiger charge is 2.21. The number of rotatable bonds is 7. The summed E-state index contributed by atoms with van der Waals surface area (Å²) in [5.74, 6) is -1.24. The molecule has 1 heterocycles. The van der Waals surface area contributed by atoms with E-state index in [2.05, 4.69) is 10.3 Å². The van der Waals surface area contributed by atoms with Crippen molar-refractivity contribution in [3.8, 4) is 16.9 Å². The maximum absolute atomic E-state index is 14.1. The molecule has 0 saturated heterocycles. The normalized spacial score (nSPS) is 10.7. The van der Waals surface area contributed by atoms with Crippen LogP contribution in [-0.2, 0) is 4.79 Å². The summed E-state index contributed by atoms with van der Waals surface area (Å²) in [4.78, 5) is 31.7. The lowest BCUT2D eigenvalue weighted by Gasteiger charge is -2.20. The van der Waals surface area contributed by atoms with Crippen molar-refractivity contribution in [3.63, 3.8) is 0 Å². The molecule has 0 spiro atoms. The van der Waals surface area contributed by atoms with Crippen LogP contribution in [0, 0.1) is 12.7 Å². The van der Waals surface area contributed by atoms with Crippen molar-refractivity contribution in [1.82, 2.24) is 14.5 Å². The van der Waals surface area contributed by atoms with Gasteiger partial charge in [-0.1, -0.05) is 54.6 Å². The summed E-state index contributed by atoms with van der Waals surface area (Å²) < 4.78 is 15.9. The van der Waals surface area contributed by atoms with Crippen LogP contribution in [0.1, 0.15) is 22.8 Å². The van der Waals surface area contributed by atoms with Gasteiger partial charge < -0.3 is 4.90 Å². The van der Waals surface area contributed by atoms with Gasteiger partial charge in [0.15, 0.2) is 0 Å². The molecule has 1 aromatic heterocycles. The average Bonchev–Trinajstić information content (AvgIpc) is 3.26. The summed E-state index contributed by atoms with van der Waals surface area (Å²) in [6.45, 7) is 3.75. The molecule has 0 fully saturated rings. The molecule has 0 aliphatic carbocycles. The van der Waals surface area contributed by atoms with Gasteiger partial charge in [0.25, 0.3) is 5.91 Å². The van der Waals surface area contributed by atoms with Gasteiger partial charge in [0, 0.05) is 24.0 Å². The Balaban J connectivity index is 1.60. The predicted molar refractivity (Wildman–Crippen MR) is 130 cm³/mol. The number of imidazole rings is 1. The Morgan fingerprint density at radius 3 is 2.44 bits per heavy atom. The Bertz CT molecular complexity index is 1320. The van der Waals surface area contributed by atoms with Crippen LogP contribution in [0.5, 0.6) is 0 Å². The van der Waals surface area contributed by atoms with Crippen LogP contribution in [0.15, 0.2) is 85.1 Å². The van der Waals surface area contributed by atoms with Crippen molar-refractivity contribution >= 4 is 17.8 Å². The molecular formula is C27H25FN4O2. The summed E-state index contributed by atoms with van der Waals surface area (Å²) >= 11 is 0. The Hall–Kier alpha value is -4.26. The number of aromatic nitrogens is 2.